The van der Waals surface area contributed by atoms with Gasteiger partial charge in [0.05, 0.1) is 18.7 Å². The number of aromatic nitrogens is 1. The van der Waals surface area contributed by atoms with Gasteiger partial charge in [0.2, 0.25) is 0 Å². The number of pyridine rings is 1. The number of hydrogen-bond acceptors (Lipinski definition) is 4. The van der Waals surface area contributed by atoms with Crippen LogP contribution in [0.15, 0.2) is 18.2 Å². The van der Waals surface area contributed by atoms with E-state index >= 15 is 0 Å². The van der Waals surface area contributed by atoms with Crippen molar-refractivity contribution < 1.29 is 4.74 Å². The van der Waals surface area contributed by atoms with Crippen LogP contribution in [0, 0.1) is 13.8 Å². The quantitative estimate of drug-likeness (QED) is 0.939. The lowest BCUT2D eigenvalue weighted by molar-refractivity contribution is 0.122. The van der Waals surface area contributed by atoms with Gasteiger partial charge in [0.25, 0.3) is 0 Å². The molecule has 0 radical (unpaired) electrons. The van der Waals surface area contributed by atoms with Crippen LogP contribution in [-0.4, -0.2) is 37.8 Å². The Morgan fingerprint density at radius 1 is 1.19 bits per heavy atom. The van der Waals surface area contributed by atoms with Gasteiger partial charge in [0, 0.05) is 18.5 Å². The fraction of sp³-hybridized carbons (Fsp3) is 0.471. The second-order valence-corrected chi connectivity index (χ2v) is 5.70. The van der Waals surface area contributed by atoms with Gasteiger partial charge in [-0.05, 0) is 49.6 Å². The molecular weight excluding hydrogens is 262 g/mol. The number of nitrogens with two attached hydrogens (primary N) is 1. The zero-order valence-corrected chi connectivity index (χ0v) is 12.9. The van der Waals surface area contributed by atoms with E-state index in [1.54, 1.807) is 0 Å². The van der Waals surface area contributed by atoms with Crippen molar-refractivity contribution in [2.24, 2.45) is 5.73 Å². The Balaban J connectivity index is 2.16. The van der Waals surface area contributed by atoms with E-state index in [9.17, 15) is 0 Å². The van der Waals surface area contributed by atoms with Gasteiger partial charge in [-0.15, -0.1) is 0 Å². The molecule has 4 nitrogen and oxygen atoms in total. The van der Waals surface area contributed by atoms with E-state index in [-0.39, 0.29) is 0 Å². The average Bonchev–Trinajstić information content (AvgIpc) is 2.52. The molecule has 112 valence electrons. The van der Waals surface area contributed by atoms with E-state index in [1.165, 1.54) is 22.1 Å². The van der Waals surface area contributed by atoms with E-state index in [2.05, 4.69) is 36.9 Å². The third-order valence-corrected chi connectivity index (χ3v) is 4.18. The first-order chi connectivity index (χ1) is 10.2. The van der Waals surface area contributed by atoms with Crippen LogP contribution < -0.4 is 10.6 Å². The van der Waals surface area contributed by atoms with Crippen LogP contribution in [0.25, 0.3) is 10.9 Å². The molecule has 1 aromatic carbocycles. The smallest absolute Gasteiger partial charge is 0.132 e. The highest BCUT2D eigenvalue weighted by atomic mass is 16.5. The Morgan fingerprint density at radius 3 is 2.62 bits per heavy atom. The van der Waals surface area contributed by atoms with Crippen molar-refractivity contribution in [3.63, 3.8) is 0 Å². The van der Waals surface area contributed by atoms with E-state index < -0.39 is 0 Å². The maximum atomic E-state index is 5.80. The van der Waals surface area contributed by atoms with Gasteiger partial charge in [0.1, 0.15) is 5.82 Å². The van der Waals surface area contributed by atoms with Crippen LogP contribution in [0.1, 0.15) is 16.7 Å². The number of benzene rings is 1. The topological polar surface area (TPSA) is 51.4 Å². The third kappa shape index (κ3) is 2.74. The number of ether oxygens (including phenoxy) is 1. The number of aryl methyl sites for hydroxylation is 2. The van der Waals surface area contributed by atoms with Crippen LogP contribution in [0.3, 0.4) is 0 Å². The van der Waals surface area contributed by atoms with E-state index in [0.29, 0.717) is 6.54 Å². The minimum atomic E-state index is 0.648. The molecule has 0 atom stereocenters. The minimum absolute atomic E-state index is 0.648. The number of anilines is 1. The summed E-state index contributed by atoms with van der Waals surface area (Å²) in [5, 5.41) is 1.25. The lowest BCUT2D eigenvalue weighted by Crippen LogP contribution is -2.37. The van der Waals surface area contributed by atoms with E-state index in [0.717, 1.165) is 44.1 Å². The molecule has 1 aliphatic rings. The van der Waals surface area contributed by atoms with Crippen molar-refractivity contribution in [1.29, 1.82) is 0 Å². The predicted molar refractivity (Wildman–Crippen MR) is 87.0 cm³/mol. The van der Waals surface area contributed by atoms with Crippen LogP contribution in [0.5, 0.6) is 0 Å². The van der Waals surface area contributed by atoms with Gasteiger partial charge < -0.3 is 15.4 Å². The summed E-state index contributed by atoms with van der Waals surface area (Å²) < 4.78 is 5.46. The Bertz CT molecular complexity index is 648. The Hall–Kier alpha value is -1.65. The molecule has 4 heteroatoms. The minimum Gasteiger partial charge on any atom is -0.378 e. The number of hydrogen-bond donors (Lipinski definition) is 1. The molecule has 0 aliphatic carbocycles. The van der Waals surface area contributed by atoms with Crippen molar-refractivity contribution in [2.45, 2.75) is 20.3 Å². The molecule has 0 amide bonds. The average molecular weight is 285 g/mol. The fourth-order valence-electron chi connectivity index (χ4n) is 2.95. The van der Waals surface area contributed by atoms with Crippen LogP contribution in [0.2, 0.25) is 0 Å². The molecule has 0 saturated carbocycles. The summed E-state index contributed by atoms with van der Waals surface area (Å²) in [6, 6.07) is 6.60. The fourth-order valence-corrected chi connectivity index (χ4v) is 2.95. The molecule has 1 fully saturated rings. The first kappa shape index (κ1) is 14.3. The Morgan fingerprint density at radius 2 is 1.90 bits per heavy atom. The molecule has 3 rings (SSSR count). The first-order valence-corrected chi connectivity index (χ1v) is 7.63. The zero-order chi connectivity index (χ0) is 14.8. The highest BCUT2D eigenvalue weighted by molar-refractivity contribution is 5.87. The molecule has 0 bridgehead atoms. The van der Waals surface area contributed by atoms with Gasteiger partial charge >= 0.3 is 0 Å². The third-order valence-electron chi connectivity index (χ3n) is 4.18. The summed E-state index contributed by atoms with van der Waals surface area (Å²) in [6.07, 6.45) is 0.864. The van der Waals surface area contributed by atoms with E-state index in [1.807, 2.05) is 0 Å². The summed E-state index contributed by atoms with van der Waals surface area (Å²) in [4.78, 5) is 7.32. The molecule has 2 heterocycles. The molecule has 0 spiro atoms. The van der Waals surface area contributed by atoms with Crippen LogP contribution in [0.4, 0.5) is 5.82 Å². The van der Waals surface area contributed by atoms with Crippen molar-refractivity contribution in [3.05, 3.63) is 34.9 Å². The van der Waals surface area contributed by atoms with Crippen LogP contribution in [-0.2, 0) is 11.2 Å². The van der Waals surface area contributed by atoms with E-state index in [4.69, 9.17) is 15.5 Å². The van der Waals surface area contributed by atoms with Gasteiger partial charge in [-0.25, -0.2) is 4.98 Å². The van der Waals surface area contributed by atoms with Crippen molar-refractivity contribution in [2.75, 3.05) is 37.7 Å². The standard InChI is InChI=1S/C17H23N3O/c1-12-3-4-13(2)16-15(12)11-14(5-6-18)17(19-16)20-7-9-21-10-8-20/h3-4,11H,5-10,18H2,1-2H3. The normalized spacial score (nSPS) is 15.7. The molecule has 2 N–H and O–H groups in total. The first-order valence-electron chi connectivity index (χ1n) is 7.63. The summed E-state index contributed by atoms with van der Waals surface area (Å²) in [5.41, 5.74) is 10.7. The number of rotatable bonds is 3. The SMILES string of the molecule is Cc1ccc(C)c2nc(N3CCOCC3)c(CCN)cc12. The zero-order valence-electron chi connectivity index (χ0n) is 12.9. The summed E-state index contributed by atoms with van der Waals surface area (Å²) >= 11 is 0. The lowest BCUT2D eigenvalue weighted by atomic mass is 10.0. The Kier molecular flexibility index (Phi) is 4.08. The Labute approximate surface area is 125 Å². The van der Waals surface area contributed by atoms with Gasteiger partial charge in [0.15, 0.2) is 0 Å². The lowest BCUT2D eigenvalue weighted by Gasteiger charge is -2.30. The number of morpholine rings is 1. The van der Waals surface area contributed by atoms with Gasteiger partial charge in [-0.3, -0.25) is 0 Å². The molecule has 21 heavy (non-hydrogen) atoms. The molecule has 1 saturated heterocycles. The molecule has 0 unspecified atom stereocenters. The largest absolute Gasteiger partial charge is 0.378 e. The highest BCUT2D eigenvalue weighted by Gasteiger charge is 2.18. The van der Waals surface area contributed by atoms with Crippen molar-refractivity contribution in [3.8, 4) is 0 Å². The molecule has 2 aromatic rings. The number of nitrogens with zero attached hydrogens (tertiary/aromatic N) is 2. The molecule has 1 aliphatic heterocycles. The summed E-state index contributed by atoms with van der Waals surface area (Å²) in [6.45, 7) is 8.27. The second kappa shape index (κ2) is 6.00. The molecule has 1 aromatic heterocycles. The van der Waals surface area contributed by atoms with Crippen LogP contribution >= 0.6 is 0 Å². The van der Waals surface area contributed by atoms with Gasteiger partial charge in [-0.2, -0.15) is 0 Å². The predicted octanol–water partition coefficient (Wildman–Crippen LogP) is 2.19. The summed E-state index contributed by atoms with van der Waals surface area (Å²) in [7, 11) is 0. The van der Waals surface area contributed by atoms with Crippen molar-refractivity contribution >= 4 is 16.7 Å². The van der Waals surface area contributed by atoms with Gasteiger partial charge in [-0.1, -0.05) is 12.1 Å². The maximum Gasteiger partial charge on any atom is 0.132 e. The maximum absolute atomic E-state index is 5.80. The monoisotopic (exact) mass is 285 g/mol. The van der Waals surface area contributed by atoms with Crippen molar-refractivity contribution in [1.82, 2.24) is 4.98 Å². The highest BCUT2D eigenvalue weighted by Crippen LogP contribution is 2.28. The second-order valence-electron chi connectivity index (χ2n) is 5.70. The number of fused-ring (bicyclic) bond motifs is 1. The summed E-state index contributed by atoms with van der Waals surface area (Å²) in [5.74, 6) is 1.09. The molecular formula is C17H23N3O.